The third-order valence-corrected chi connectivity index (χ3v) is 6.81. The monoisotopic (exact) mass is 412 g/mol. The van der Waals surface area contributed by atoms with Crippen molar-refractivity contribution in [3.63, 3.8) is 0 Å². The third kappa shape index (κ3) is 3.37. The summed E-state index contributed by atoms with van der Waals surface area (Å²) in [5.41, 5.74) is 4.59. The Morgan fingerprint density at radius 1 is 1.38 bits per heavy atom. The first kappa shape index (κ1) is 18.5. The van der Waals surface area contributed by atoms with Crippen LogP contribution in [0.2, 0.25) is 0 Å². The molecule has 2 aliphatic rings. The van der Waals surface area contributed by atoms with Crippen molar-refractivity contribution >= 4 is 17.4 Å². The normalized spacial score (nSPS) is 21.9. The summed E-state index contributed by atoms with van der Waals surface area (Å²) in [6, 6.07) is 1.90. The van der Waals surface area contributed by atoms with Gasteiger partial charge in [-0.1, -0.05) is 16.6 Å². The number of aromatic nitrogens is 5. The second-order valence-electron chi connectivity index (χ2n) is 8.29. The Balaban J connectivity index is 1.38. The summed E-state index contributed by atoms with van der Waals surface area (Å²) in [7, 11) is 0. The lowest BCUT2D eigenvalue weighted by Gasteiger charge is -2.32. The molecule has 2 unspecified atom stereocenters. The number of piperidine rings is 1. The second kappa shape index (κ2) is 7.37. The maximum Gasteiger partial charge on any atom is 0.274 e. The van der Waals surface area contributed by atoms with Crippen LogP contribution in [0.1, 0.15) is 65.2 Å². The van der Waals surface area contributed by atoms with E-state index in [9.17, 15) is 4.79 Å². The molecule has 1 aliphatic carbocycles. The van der Waals surface area contributed by atoms with E-state index in [0.29, 0.717) is 23.9 Å². The highest BCUT2D eigenvalue weighted by Gasteiger charge is 2.33. The fraction of sp³-hybridized carbons (Fsp3) is 0.550. The van der Waals surface area contributed by atoms with E-state index < -0.39 is 0 Å². The van der Waals surface area contributed by atoms with Gasteiger partial charge in [0.15, 0.2) is 11.5 Å². The molecule has 4 heterocycles. The van der Waals surface area contributed by atoms with Gasteiger partial charge < -0.3 is 9.42 Å². The van der Waals surface area contributed by atoms with Crippen molar-refractivity contribution < 1.29 is 9.32 Å². The van der Waals surface area contributed by atoms with E-state index in [2.05, 4.69) is 31.9 Å². The van der Waals surface area contributed by atoms with Crippen LogP contribution in [0.5, 0.6) is 0 Å². The van der Waals surface area contributed by atoms with Crippen molar-refractivity contribution in [3.8, 4) is 10.6 Å². The smallest absolute Gasteiger partial charge is 0.274 e. The Hall–Kier alpha value is -2.55. The van der Waals surface area contributed by atoms with Gasteiger partial charge in [-0.15, -0.1) is 5.10 Å². The number of hydrogen-bond acceptors (Lipinski definition) is 7. The maximum atomic E-state index is 13.3. The Morgan fingerprint density at radius 3 is 3.10 bits per heavy atom. The Kier molecular flexibility index (Phi) is 4.69. The van der Waals surface area contributed by atoms with Crippen molar-refractivity contribution in [2.75, 3.05) is 13.1 Å². The van der Waals surface area contributed by atoms with Crippen LogP contribution in [0, 0.1) is 12.8 Å². The quantitative estimate of drug-likeness (QED) is 0.708. The highest BCUT2D eigenvalue weighted by molar-refractivity contribution is 7.09. The number of aromatic amines is 1. The van der Waals surface area contributed by atoms with Crippen LogP contribution in [-0.2, 0) is 12.8 Å². The molecular formula is C20H24N6O2S. The van der Waals surface area contributed by atoms with E-state index in [1.54, 1.807) is 0 Å². The molecule has 0 radical (unpaired) electrons. The number of nitrogens with one attached hydrogen (secondary N) is 1. The minimum atomic E-state index is 0.0292. The van der Waals surface area contributed by atoms with Gasteiger partial charge in [0, 0.05) is 36.3 Å². The Bertz CT molecular complexity index is 1040. The number of amides is 1. The average molecular weight is 413 g/mol. The van der Waals surface area contributed by atoms with Crippen LogP contribution in [-0.4, -0.2) is 48.8 Å². The van der Waals surface area contributed by atoms with Crippen LogP contribution < -0.4 is 0 Å². The molecule has 3 aromatic heterocycles. The average Bonchev–Trinajstić information content (AvgIpc) is 3.46. The second-order valence-corrected chi connectivity index (χ2v) is 9.04. The summed E-state index contributed by atoms with van der Waals surface area (Å²) in [5, 5.41) is 15.9. The Labute approximate surface area is 172 Å². The van der Waals surface area contributed by atoms with Crippen LogP contribution in [0.3, 0.4) is 0 Å². The molecule has 29 heavy (non-hydrogen) atoms. The zero-order valence-corrected chi connectivity index (χ0v) is 17.5. The molecule has 2 atom stereocenters. The van der Waals surface area contributed by atoms with Crippen molar-refractivity contribution in [2.24, 2.45) is 5.92 Å². The number of fused-ring (bicyclic) bond motifs is 1. The summed E-state index contributed by atoms with van der Waals surface area (Å²) in [5.74, 6) is 1.46. The zero-order valence-electron chi connectivity index (χ0n) is 16.6. The van der Waals surface area contributed by atoms with Gasteiger partial charge in [0.1, 0.15) is 4.88 Å². The molecule has 0 saturated carbocycles. The molecule has 8 nitrogen and oxygen atoms in total. The van der Waals surface area contributed by atoms with Gasteiger partial charge in [-0.3, -0.25) is 9.89 Å². The van der Waals surface area contributed by atoms with Crippen LogP contribution in [0.4, 0.5) is 0 Å². The molecule has 5 rings (SSSR count). The molecular weight excluding hydrogens is 388 g/mol. The third-order valence-electron chi connectivity index (χ3n) is 6.06. The number of likely N-dealkylation sites (tertiary alicyclic amines) is 1. The van der Waals surface area contributed by atoms with Gasteiger partial charge >= 0.3 is 0 Å². The molecule has 9 heteroatoms. The fourth-order valence-electron chi connectivity index (χ4n) is 4.49. The number of nitrogens with zero attached hydrogens (tertiary/aromatic N) is 5. The molecule has 1 amide bonds. The Morgan fingerprint density at radius 2 is 2.28 bits per heavy atom. The number of H-pyrrole nitrogens is 1. The van der Waals surface area contributed by atoms with E-state index in [4.69, 9.17) is 4.52 Å². The highest BCUT2D eigenvalue weighted by atomic mass is 32.1. The van der Waals surface area contributed by atoms with E-state index >= 15 is 0 Å². The molecule has 3 aromatic rings. The van der Waals surface area contributed by atoms with Gasteiger partial charge in [-0.05, 0) is 56.5 Å². The molecule has 0 spiro atoms. The first-order chi connectivity index (χ1) is 14.1. The minimum absolute atomic E-state index is 0.0292. The van der Waals surface area contributed by atoms with Crippen molar-refractivity contribution in [1.82, 2.24) is 29.8 Å². The molecule has 1 aliphatic heterocycles. The number of rotatable bonds is 3. The predicted molar refractivity (Wildman–Crippen MR) is 108 cm³/mol. The van der Waals surface area contributed by atoms with E-state index in [1.165, 1.54) is 11.5 Å². The van der Waals surface area contributed by atoms with Gasteiger partial charge in [0.05, 0.1) is 11.4 Å². The molecule has 0 bridgehead atoms. The van der Waals surface area contributed by atoms with E-state index in [1.807, 2.05) is 17.9 Å². The number of hydrogen-bond donors (Lipinski definition) is 1. The lowest BCUT2D eigenvalue weighted by molar-refractivity contribution is 0.0698. The van der Waals surface area contributed by atoms with Crippen molar-refractivity contribution in [3.05, 3.63) is 34.4 Å². The van der Waals surface area contributed by atoms with Gasteiger partial charge in [-0.25, -0.2) is 0 Å². The molecule has 1 N–H and O–H groups in total. The summed E-state index contributed by atoms with van der Waals surface area (Å²) in [6.45, 7) is 5.51. The maximum absolute atomic E-state index is 13.3. The summed E-state index contributed by atoms with van der Waals surface area (Å²) < 4.78 is 9.58. The van der Waals surface area contributed by atoms with Gasteiger partial charge in [0.25, 0.3) is 5.91 Å². The lowest BCUT2D eigenvalue weighted by Crippen LogP contribution is -2.40. The van der Waals surface area contributed by atoms with Crippen LogP contribution >= 0.6 is 11.5 Å². The molecule has 152 valence electrons. The first-order valence-electron chi connectivity index (χ1n) is 10.2. The molecule has 0 aromatic carbocycles. The van der Waals surface area contributed by atoms with Crippen molar-refractivity contribution in [2.45, 2.75) is 51.9 Å². The highest BCUT2D eigenvalue weighted by Crippen LogP contribution is 2.36. The summed E-state index contributed by atoms with van der Waals surface area (Å²) >= 11 is 1.32. The minimum Gasteiger partial charge on any atom is -0.355 e. The van der Waals surface area contributed by atoms with Crippen LogP contribution in [0.25, 0.3) is 10.6 Å². The van der Waals surface area contributed by atoms with E-state index in [-0.39, 0.29) is 11.8 Å². The van der Waals surface area contributed by atoms with E-state index in [0.717, 1.165) is 66.2 Å². The SMILES string of the molecule is Cc1cc(-c2snnc2C2CCCN(C(=O)c3n[nH]c4c3CC(C)CC4)C2)on1. The number of carbonyl (C=O) groups is 1. The molecule has 1 fully saturated rings. The first-order valence-corrected chi connectivity index (χ1v) is 11.0. The largest absolute Gasteiger partial charge is 0.355 e. The van der Waals surface area contributed by atoms with Crippen LogP contribution in [0.15, 0.2) is 10.6 Å². The summed E-state index contributed by atoms with van der Waals surface area (Å²) in [6.07, 6.45) is 4.96. The van der Waals surface area contributed by atoms with Gasteiger partial charge in [0.2, 0.25) is 0 Å². The number of carbonyl (C=O) groups excluding carboxylic acids is 1. The fourth-order valence-corrected chi connectivity index (χ4v) is 5.18. The van der Waals surface area contributed by atoms with Gasteiger partial charge in [-0.2, -0.15) is 5.10 Å². The standard InChI is InChI=1S/C20H24N6O2S/c1-11-5-6-15-14(8-11)18(22-21-15)20(27)26-7-3-4-13(10-26)17-19(29-25-23-17)16-9-12(2)24-28-16/h9,11,13H,3-8,10H2,1-2H3,(H,21,22). The zero-order chi connectivity index (χ0) is 20.0. The summed E-state index contributed by atoms with van der Waals surface area (Å²) in [4.78, 5) is 16.1. The lowest BCUT2D eigenvalue weighted by atomic mass is 9.87. The topological polar surface area (TPSA) is 101 Å². The number of aryl methyl sites for hydroxylation is 2. The molecule has 1 saturated heterocycles. The van der Waals surface area contributed by atoms with Crippen molar-refractivity contribution in [1.29, 1.82) is 0 Å². The predicted octanol–water partition coefficient (Wildman–Crippen LogP) is 3.37.